The van der Waals surface area contributed by atoms with Gasteiger partial charge in [0.05, 0.1) is 12.3 Å². The molecule has 0 aromatic heterocycles. The van der Waals surface area contributed by atoms with Crippen molar-refractivity contribution in [3.63, 3.8) is 0 Å². The molecule has 2 atom stereocenters. The fraction of sp³-hybridized carbons (Fsp3) is 0.955. The van der Waals surface area contributed by atoms with Crippen molar-refractivity contribution in [1.82, 2.24) is 16.0 Å². The minimum atomic E-state index is -0.0866. The Morgan fingerprint density at radius 1 is 0.327 bits per heavy atom. The van der Waals surface area contributed by atoms with Gasteiger partial charge in [0.25, 0.3) is 0 Å². The van der Waals surface area contributed by atoms with Crippen LogP contribution in [-0.2, 0) is 9.59 Å². The Bertz CT molecular complexity index is 629. The second-order valence-corrected chi connectivity index (χ2v) is 15.4. The number of carbonyl (C=O) groups excluding carboxylic acids is 2. The molecule has 0 spiro atoms. The van der Waals surface area contributed by atoms with E-state index in [-0.39, 0.29) is 24.1 Å². The van der Waals surface area contributed by atoms with Crippen molar-refractivity contribution in [2.24, 2.45) is 0 Å². The smallest absolute Gasteiger partial charge is 0.221 e. The highest BCUT2D eigenvalue weighted by Crippen LogP contribution is 2.15. The first-order valence-corrected chi connectivity index (χ1v) is 22.4. The standard InChI is InChI=1S/C44H89N3O2/c1-5-9-11-13-15-17-19-21-23-25-27-29-31-33-35-39-43(48)46-41(37-7-3)45-42(38-8-4)47-44(49)40-36-34-32-30-28-26-24-22-20-18-16-14-12-10-6-2/h41-42,45H,5-40H2,1-4H3,(H,46,48)(H,47,49). The van der Waals surface area contributed by atoms with Gasteiger partial charge in [-0.05, 0) is 25.7 Å². The van der Waals surface area contributed by atoms with Crippen LogP contribution in [0.3, 0.4) is 0 Å². The summed E-state index contributed by atoms with van der Waals surface area (Å²) in [5.41, 5.74) is 0. The summed E-state index contributed by atoms with van der Waals surface area (Å²) >= 11 is 0. The Hall–Kier alpha value is -1.10. The molecule has 0 heterocycles. The van der Waals surface area contributed by atoms with E-state index in [0.717, 1.165) is 51.4 Å². The Labute approximate surface area is 307 Å². The molecule has 0 fully saturated rings. The number of amides is 2. The van der Waals surface area contributed by atoms with Gasteiger partial charge in [-0.1, -0.05) is 220 Å². The largest absolute Gasteiger partial charge is 0.341 e. The zero-order valence-corrected chi connectivity index (χ0v) is 33.9. The van der Waals surface area contributed by atoms with E-state index < -0.39 is 0 Å². The van der Waals surface area contributed by atoms with E-state index in [0.29, 0.717) is 12.8 Å². The lowest BCUT2D eigenvalue weighted by atomic mass is 10.0. The number of unbranched alkanes of at least 4 members (excludes halogenated alkanes) is 28. The third-order valence-corrected chi connectivity index (χ3v) is 10.2. The maximum atomic E-state index is 12.8. The SMILES string of the molecule is CCCCCCCCCCCCCCCCCC(=O)NC(CCC)NC(CCC)NC(=O)CCCCCCCCCCCCCCCCC. The van der Waals surface area contributed by atoms with Gasteiger partial charge >= 0.3 is 0 Å². The highest BCUT2D eigenvalue weighted by Gasteiger charge is 2.18. The quantitative estimate of drug-likeness (QED) is 0.0442. The zero-order chi connectivity index (χ0) is 35.9. The van der Waals surface area contributed by atoms with Crippen molar-refractivity contribution in [1.29, 1.82) is 0 Å². The summed E-state index contributed by atoms with van der Waals surface area (Å²) in [6, 6.07) is 0. The van der Waals surface area contributed by atoms with E-state index in [1.54, 1.807) is 0 Å². The lowest BCUT2D eigenvalue weighted by Crippen LogP contribution is -2.55. The minimum absolute atomic E-state index is 0.0866. The highest BCUT2D eigenvalue weighted by atomic mass is 16.2. The second kappa shape index (κ2) is 39.7. The van der Waals surface area contributed by atoms with Crippen LogP contribution in [0.4, 0.5) is 0 Å². The molecule has 2 unspecified atom stereocenters. The summed E-state index contributed by atoms with van der Waals surface area (Å²) in [5, 5.41) is 10.0. The number of hydrogen-bond donors (Lipinski definition) is 3. The maximum absolute atomic E-state index is 12.8. The molecule has 49 heavy (non-hydrogen) atoms. The number of carbonyl (C=O) groups is 2. The number of nitrogens with one attached hydrogen (secondary N) is 3. The summed E-state index contributed by atoms with van der Waals surface area (Å²) in [6.45, 7) is 8.87. The summed E-state index contributed by atoms with van der Waals surface area (Å²) in [7, 11) is 0. The number of rotatable bonds is 40. The van der Waals surface area contributed by atoms with E-state index in [2.05, 4.69) is 43.6 Å². The molecule has 0 aliphatic heterocycles. The first-order chi connectivity index (χ1) is 24.1. The van der Waals surface area contributed by atoms with Gasteiger partial charge in [-0.3, -0.25) is 14.9 Å². The summed E-state index contributed by atoms with van der Waals surface area (Å²) < 4.78 is 0. The van der Waals surface area contributed by atoms with Crippen LogP contribution in [0.1, 0.15) is 259 Å². The molecule has 3 N–H and O–H groups in total. The summed E-state index contributed by atoms with van der Waals surface area (Å²) in [5.74, 6) is 0.278. The molecule has 0 radical (unpaired) electrons. The van der Waals surface area contributed by atoms with Gasteiger partial charge in [0.2, 0.25) is 11.8 Å². The molecule has 5 heteroatoms. The van der Waals surface area contributed by atoms with Gasteiger partial charge in [0.15, 0.2) is 0 Å². The van der Waals surface area contributed by atoms with E-state index in [1.807, 2.05) is 0 Å². The van der Waals surface area contributed by atoms with Crippen LogP contribution in [-0.4, -0.2) is 24.1 Å². The molecule has 292 valence electrons. The molecule has 0 bridgehead atoms. The predicted octanol–water partition coefficient (Wildman–Crippen LogP) is 13.6. The van der Waals surface area contributed by atoms with Gasteiger partial charge in [-0.15, -0.1) is 0 Å². The van der Waals surface area contributed by atoms with Gasteiger partial charge in [0.1, 0.15) is 0 Å². The molecule has 0 saturated heterocycles. The topological polar surface area (TPSA) is 70.2 Å². The average Bonchev–Trinajstić information content (AvgIpc) is 3.08. The lowest BCUT2D eigenvalue weighted by Gasteiger charge is -2.27. The first kappa shape index (κ1) is 47.9. The van der Waals surface area contributed by atoms with Crippen LogP contribution in [0, 0.1) is 0 Å². The van der Waals surface area contributed by atoms with E-state index in [1.165, 1.54) is 167 Å². The van der Waals surface area contributed by atoms with Crippen LogP contribution in [0.2, 0.25) is 0 Å². The van der Waals surface area contributed by atoms with E-state index in [4.69, 9.17) is 0 Å². The Morgan fingerprint density at radius 3 is 0.776 bits per heavy atom. The Morgan fingerprint density at radius 2 is 0.551 bits per heavy atom. The Kier molecular flexibility index (Phi) is 38.8. The third-order valence-electron chi connectivity index (χ3n) is 10.2. The zero-order valence-electron chi connectivity index (χ0n) is 33.9. The summed E-state index contributed by atoms with van der Waals surface area (Å²) in [6.07, 6.45) is 44.8. The van der Waals surface area contributed by atoms with Gasteiger partial charge in [0, 0.05) is 12.8 Å². The lowest BCUT2D eigenvalue weighted by molar-refractivity contribution is -0.122. The van der Waals surface area contributed by atoms with Crippen LogP contribution >= 0.6 is 0 Å². The fourth-order valence-electron chi connectivity index (χ4n) is 7.06. The van der Waals surface area contributed by atoms with Crippen molar-refractivity contribution in [3.8, 4) is 0 Å². The molecule has 0 aliphatic carbocycles. The molecule has 0 aromatic carbocycles. The predicted molar refractivity (Wildman–Crippen MR) is 216 cm³/mol. The maximum Gasteiger partial charge on any atom is 0.221 e. The van der Waals surface area contributed by atoms with Crippen LogP contribution in [0.25, 0.3) is 0 Å². The molecule has 0 rings (SSSR count). The third kappa shape index (κ3) is 36.5. The van der Waals surface area contributed by atoms with Gasteiger partial charge in [-0.2, -0.15) is 0 Å². The van der Waals surface area contributed by atoms with Crippen molar-refractivity contribution in [3.05, 3.63) is 0 Å². The van der Waals surface area contributed by atoms with Crippen molar-refractivity contribution in [2.75, 3.05) is 0 Å². The molecule has 5 nitrogen and oxygen atoms in total. The second-order valence-electron chi connectivity index (χ2n) is 15.4. The van der Waals surface area contributed by atoms with Gasteiger partial charge in [-0.25, -0.2) is 0 Å². The van der Waals surface area contributed by atoms with E-state index >= 15 is 0 Å². The summed E-state index contributed by atoms with van der Waals surface area (Å²) in [4.78, 5) is 25.5. The fourth-order valence-corrected chi connectivity index (χ4v) is 7.06. The molecule has 0 saturated carbocycles. The molecule has 0 aromatic rings. The first-order valence-electron chi connectivity index (χ1n) is 22.4. The van der Waals surface area contributed by atoms with Crippen LogP contribution in [0.15, 0.2) is 0 Å². The molecular formula is C44H89N3O2. The van der Waals surface area contributed by atoms with Crippen LogP contribution < -0.4 is 16.0 Å². The molecular weight excluding hydrogens is 603 g/mol. The molecule has 0 aliphatic rings. The van der Waals surface area contributed by atoms with Crippen molar-refractivity contribution in [2.45, 2.75) is 271 Å². The highest BCUT2D eigenvalue weighted by molar-refractivity contribution is 5.76. The minimum Gasteiger partial charge on any atom is -0.341 e. The molecule has 2 amide bonds. The van der Waals surface area contributed by atoms with Crippen molar-refractivity contribution < 1.29 is 9.59 Å². The Balaban J connectivity index is 3.92. The number of hydrogen-bond acceptors (Lipinski definition) is 3. The average molecular weight is 692 g/mol. The normalized spacial score (nSPS) is 12.7. The monoisotopic (exact) mass is 692 g/mol. The van der Waals surface area contributed by atoms with Crippen LogP contribution in [0.5, 0.6) is 0 Å². The van der Waals surface area contributed by atoms with E-state index in [9.17, 15) is 9.59 Å². The van der Waals surface area contributed by atoms with Gasteiger partial charge < -0.3 is 10.6 Å². The van der Waals surface area contributed by atoms with Crippen molar-refractivity contribution >= 4 is 11.8 Å².